The van der Waals surface area contributed by atoms with Gasteiger partial charge in [0.2, 0.25) is 5.91 Å². The van der Waals surface area contributed by atoms with Crippen molar-refractivity contribution in [2.45, 2.75) is 6.42 Å². The summed E-state index contributed by atoms with van der Waals surface area (Å²) >= 11 is 1.52. The number of carbonyl (C=O) groups is 2. The molecule has 0 fully saturated rings. The van der Waals surface area contributed by atoms with Crippen LogP contribution >= 0.6 is 11.3 Å². The average Bonchev–Trinajstić information content (AvgIpc) is 3.10. The van der Waals surface area contributed by atoms with Gasteiger partial charge in [-0.2, -0.15) is 0 Å². The van der Waals surface area contributed by atoms with Crippen LogP contribution in [0, 0.1) is 0 Å². The van der Waals surface area contributed by atoms with Crippen LogP contribution in [0.25, 0.3) is 10.6 Å². The summed E-state index contributed by atoms with van der Waals surface area (Å²) in [5.74, 6) is -0.359. The highest BCUT2D eigenvalue weighted by molar-refractivity contribution is 7.13. The summed E-state index contributed by atoms with van der Waals surface area (Å²) in [7, 11) is 1.57. The highest BCUT2D eigenvalue weighted by atomic mass is 32.1. The van der Waals surface area contributed by atoms with E-state index in [2.05, 4.69) is 15.6 Å². The van der Waals surface area contributed by atoms with E-state index < -0.39 is 0 Å². The molecule has 2 amide bonds. The van der Waals surface area contributed by atoms with E-state index in [4.69, 9.17) is 0 Å². The van der Waals surface area contributed by atoms with Crippen LogP contribution in [0.4, 0.5) is 5.69 Å². The fourth-order valence-corrected chi connectivity index (χ4v) is 3.18. The molecule has 0 aliphatic carbocycles. The van der Waals surface area contributed by atoms with Crippen LogP contribution in [0.15, 0.2) is 60.0 Å². The lowest BCUT2D eigenvalue weighted by Gasteiger charge is -2.06. The fraction of sp³-hybridized carbons (Fsp3) is 0.105. The zero-order valence-corrected chi connectivity index (χ0v) is 14.5. The summed E-state index contributed by atoms with van der Waals surface area (Å²) < 4.78 is 0. The van der Waals surface area contributed by atoms with Gasteiger partial charge in [-0.25, -0.2) is 4.98 Å². The van der Waals surface area contributed by atoms with Crippen LogP contribution in [0.1, 0.15) is 16.1 Å². The first-order valence-corrected chi connectivity index (χ1v) is 8.65. The number of amides is 2. The third-order valence-corrected chi connectivity index (χ3v) is 4.49. The Labute approximate surface area is 149 Å². The molecule has 0 unspecified atom stereocenters. The first-order chi connectivity index (χ1) is 12.2. The van der Waals surface area contributed by atoms with Gasteiger partial charge in [0, 0.05) is 29.2 Å². The van der Waals surface area contributed by atoms with Gasteiger partial charge in [0.05, 0.1) is 12.1 Å². The summed E-state index contributed by atoms with van der Waals surface area (Å²) in [5.41, 5.74) is 2.85. The zero-order valence-electron chi connectivity index (χ0n) is 13.7. The Balaban J connectivity index is 1.65. The number of anilines is 1. The molecule has 5 nitrogen and oxygen atoms in total. The van der Waals surface area contributed by atoms with Crippen LogP contribution in [0.3, 0.4) is 0 Å². The van der Waals surface area contributed by atoms with Crippen molar-refractivity contribution in [3.05, 3.63) is 71.2 Å². The second kappa shape index (κ2) is 7.72. The van der Waals surface area contributed by atoms with Crippen molar-refractivity contribution in [1.29, 1.82) is 0 Å². The van der Waals surface area contributed by atoms with E-state index in [0.717, 1.165) is 16.3 Å². The topological polar surface area (TPSA) is 71.1 Å². The standard InChI is InChI=1S/C19H17N3O2S/c1-20-18(24)14-8-5-9-15(10-14)21-17(23)11-16-12-25-19(22-16)13-6-3-2-4-7-13/h2-10,12H,11H2,1H3,(H,20,24)(H,21,23). The molecule has 0 aliphatic heterocycles. The Morgan fingerprint density at radius 3 is 2.64 bits per heavy atom. The summed E-state index contributed by atoms with van der Waals surface area (Å²) in [4.78, 5) is 28.4. The predicted octanol–water partition coefficient (Wildman–Crippen LogP) is 3.35. The molecule has 1 aromatic heterocycles. The van der Waals surface area contributed by atoms with Gasteiger partial charge < -0.3 is 10.6 Å². The summed E-state index contributed by atoms with van der Waals surface area (Å²) in [5, 5.41) is 8.15. The maximum Gasteiger partial charge on any atom is 0.251 e. The van der Waals surface area contributed by atoms with Gasteiger partial charge in [-0.3, -0.25) is 9.59 Å². The van der Waals surface area contributed by atoms with Gasteiger partial charge in [0.15, 0.2) is 0 Å². The molecule has 0 aliphatic rings. The van der Waals surface area contributed by atoms with Crippen LogP contribution in [-0.4, -0.2) is 23.8 Å². The second-order valence-corrected chi connectivity index (χ2v) is 6.25. The Bertz CT molecular complexity index is 890. The molecule has 2 N–H and O–H groups in total. The Kier molecular flexibility index (Phi) is 5.20. The number of nitrogens with one attached hydrogen (secondary N) is 2. The number of rotatable bonds is 5. The first-order valence-electron chi connectivity index (χ1n) is 7.77. The summed E-state index contributed by atoms with van der Waals surface area (Å²) in [6, 6.07) is 16.7. The minimum atomic E-state index is -0.192. The fourth-order valence-electron chi connectivity index (χ4n) is 2.35. The van der Waals surface area contributed by atoms with E-state index >= 15 is 0 Å². The first kappa shape index (κ1) is 16.9. The number of benzene rings is 2. The Morgan fingerprint density at radius 1 is 1.08 bits per heavy atom. The maximum atomic E-state index is 12.2. The molecule has 2 aromatic carbocycles. The van der Waals surface area contributed by atoms with Gasteiger partial charge >= 0.3 is 0 Å². The molecule has 6 heteroatoms. The van der Waals surface area contributed by atoms with Crippen LogP contribution in [0.5, 0.6) is 0 Å². The number of hydrogen-bond acceptors (Lipinski definition) is 4. The van der Waals surface area contributed by atoms with Crippen LogP contribution in [-0.2, 0) is 11.2 Å². The lowest BCUT2D eigenvalue weighted by atomic mass is 10.2. The molecule has 0 saturated heterocycles. The van der Waals surface area contributed by atoms with Crippen LogP contribution < -0.4 is 10.6 Å². The monoisotopic (exact) mass is 351 g/mol. The number of thiazole rings is 1. The van der Waals surface area contributed by atoms with E-state index in [0.29, 0.717) is 11.3 Å². The van der Waals surface area contributed by atoms with Crippen molar-refractivity contribution in [3.8, 4) is 10.6 Å². The molecule has 0 bridgehead atoms. The lowest BCUT2D eigenvalue weighted by molar-refractivity contribution is -0.115. The smallest absolute Gasteiger partial charge is 0.251 e. The van der Waals surface area contributed by atoms with Gasteiger partial charge in [0.25, 0.3) is 5.91 Å². The predicted molar refractivity (Wildman–Crippen MR) is 99.7 cm³/mol. The number of hydrogen-bond donors (Lipinski definition) is 2. The highest BCUT2D eigenvalue weighted by Gasteiger charge is 2.10. The quantitative estimate of drug-likeness (QED) is 0.740. The third-order valence-electron chi connectivity index (χ3n) is 3.55. The van der Waals surface area contributed by atoms with Crippen molar-refractivity contribution >= 4 is 28.8 Å². The Hall–Kier alpha value is -2.99. The number of aromatic nitrogens is 1. The summed E-state index contributed by atoms with van der Waals surface area (Å²) in [6.45, 7) is 0. The van der Waals surface area contributed by atoms with Crippen molar-refractivity contribution in [1.82, 2.24) is 10.3 Å². The second-order valence-electron chi connectivity index (χ2n) is 5.39. The van der Waals surface area contributed by atoms with E-state index in [1.54, 1.807) is 31.3 Å². The molecule has 3 rings (SSSR count). The van der Waals surface area contributed by atoms with Crippen molar-refractivity contribution in [2.24, 2.45) is 0 Å². The third kappa shape index (κ3) is 4.30. The molecule has 25 heavy (non-hydrogen) atoms. The minimum Gasteiger partial charge on any atom is -0.355 e. The molecule has 0 atom stereocenters. The molecule has 3 aromatic rings. The zero-order chi connectivity index (χ0) is 17.6. The van der Waals surface area contributed by atoms with Crippen molar-refractivity contribution < 1.29 is 9.59 Å². The molecule has 0 saturated carbocycles. The highest BCUT2D eigenvalue weighted by Crippen LogP contribution is 2.23. The van der Waals surface area contributed by atoms with Gasteiger partial charge in [0.1, 0.15) is 5.01 Å². The molecule has 0 radical (unpaired) electrons. The van der Waals surface area contributed by atoms with E-state index in [1.807, 2.05) is 35.7 Å². The van der Waals surface area contributed by atoms with E-state index in [-0.39, 0.29) is 18.2 Å². The molecule has 0 spiro atoms. The molecular formula is C19H17N3O2S. The lowest BCUT2D eigenvalue weighted by Crippen LogP contribution is -2.19. The molecular weight excluding hydrogens is 334 g/mol. The van der Waals surface area contributed by atoms with E-state index in [9.17, 15) is 9.59 Å². The number of nitrogens with zero attached hydrogens (tertiary/aromatic N) is 1. The van der Waals surface area contributed by atoms with Gasteiger partial charge in [-0.1, -0.05) is 36.4 Å². The minimum absolute atomic E-state index is 0.168. The van der Waals surface area contributed by atoms with Gasteiger partial charge in [-0.05, 0) is 18.2 Å². The maximum absolute atomic E-state index is 12.2. The normalized spacial score (nSPS) is 10.3. The van der Waals surface area contributed by atoms with E-state index in [1.165, 1.54) is 11.3 Å². The molecule has 1 heterocycles. The summed E-state index contributed by atoms with van der Waals surface area (Å²) in [6.07, 6.45) is 0.188. The SMILES string of the molecule is CNC(=O)c1cccc(NC(=O)Cc2csc(-c3ccccc3)n2)c1. The largest absolute Gasteiger partial charge is 0.355 e. The van der Waals surface area contributed by atoms with Crippen LogP contribution in [0.2, 0.25) is 0 Å². The molecule has 126 valence electrons. The van der Waals surface area contributed by atoms with Crippen molar-refractivity contribution in [3.63, 3.8) is 0 Å². The average molecular weight is 351 g/mol. The van der Waals surface area contributed by atoms with Crippen molar-refractivity contribution in [2.75, 3.05) is 12.4 Å². The van der Waals surface area contributed by atoms with Gasteiger partial charge in [-0.15, -0.1) is 11.3 Å². The number of carbonyl (C=O) groups excluding carboxylic acids is 2. The Morgan fingerprint density at radius 2 is 1.88 bits per heavy atom.